The summed E-state index contributed by atoms with van der Waals surface area (Å²) in [6.07, 6.45) is 3.10. The van der Waals surface area contributed by atoms with Gasteiger partial charge in [-0.25, -0.2) is 4.68 Å². The van der Waals surface area contributed by atoms with Crippen LogP contribution in [0.4, 0.5) is 0 Å². The molecule has 0 atom stereocenters. The van der Waals surface area contributed by atoms with E-state index in [2.05, 4.69) is 5.10 Å². The molecule has 0 bridgehead atoms. The third-order valence-corrected chi connectivity index (χ3v) is 2.26. The van der Waals surface area contributed by atoms with Crippen molar-refractivity contribution in [2.45, 2.75) is 6.42 Å². The summed E-state index contributed by atoms with van der Waals surface area (Å²) in [5.41, 5.74) is 0.779. The number of phenols is 1. The van der Waals surface area contributed by atoms with Crippen LogP contribution in [-0.4, -0.2) is 32.6 Å². The number of carboxylic acid groups (broad SMARTS) is 1. The topological polar surface area (TPSA) is 84.6 Å². The van der Waals surface area contributed by atoms with E-state index in [0.29, 0.717) is 5.75 Å². The first-order chi connectivity index (χ1) is 8.65. The third kappa shape index (κ3) is 3.00. The summed E-state index contributed by atoms with van der Waals surface area (Å²) in [6.45, 7) is 0.108. The molecule has 1 aromatic heterocycles. The fraction of sp³-hybridized carbons (Fsp3) is 0.167. The first kappa shape index (κ1) is 12.0. The van der Waals surface area contributed by atoms with Gasteiger partial charge in [-0.2, -0.15) is 5.10 Å². The first-order valence-corrected chi connectivity index (χ1v) is 5.34. The quantitative estimate of drug-likeness (QED) is 0.836. The lowest BCUT2D eigenvalue weighted by Gasteiger charge is -2.01. The molecule has 2 N–H and O–H groups in total. The summed E-state index contributed by atoms with van der Waals surface area (Å²) >= 11 is 0. The van der Waals surface area contributed by atoms with Crippen molar-refractivity contribution in [1.82, 2.24) is 9.78 Å². The number of hydrogen-bond acceptors (Lipinski definition) is 4. The van der Waals surface area contributed by atoms with Crippen LogP contribution in [0.3, 0.4) is 0 Å². The van der Waals surface area contributed by atoms with Crippen molar-refractivity contribution in [3.8, 4) is 17.2 Å². The highest BCUT2D eigenvalue weighted by Crippen LogP contribution is 2.16. The molecule has 18 heavy (non-hydrogen) atoms. The number of aliphatic carboxylic acids is 1. The van der Waals surface area contributed by atoms with Gasteiger partial charge < -0.3 is 14.9 Å². The zero-order valence-electron chi connectivity index (χ0n) is 9.48. The van der Waals surface area contributed by atoms with Crippen LogP contribution in [0.5, 0.6) is 11.5 Å². The van der Waals surface area contributed by atoms with Crippen LogP contribution in [-0.2, 0) is 4.79 Å². The van der Waals surface area contributed by atoms with Crippen molar-refractivity contribution in [1.29, 1.82) is 0 Å². The monoisotopic (exact) mass is 248 g/mol. The molecule has 2 rings (SSSR count). The van der Waals surface area contributed by atoms with E-state index < -0.39 is 5.97 Å². The van der Waals surface area contributed by atoms with E-state index in [9.17, 15) is 4.79 Å². The Morgan fingerprint density at radius 2 is 2.06 bits per heavy atom. The highest BCUT2D eigenvalue weighted by atomic mass is 16.5. The van der Waals surface area contributed by atoms with Crippen molar-refractivity contribution < 1.29 is 19.7 Å². The van der Waals surface area contributed by atoms with Crippen molar-refractivity contribution in [2.24, 2.45) is 0 Å². The van der Waals surface area contributed by atoms with Gasteiger partial charge in [0, 0.05) is 0 Å². The minimum Gasteiger partial charge on any atom is -0.508 e. The normalized spacial score (nSPS) is 10.2. The zero-order valence-corrected chi connectivity index (χ0v) is 9.48. The Balaban J connectivity index is 2.01. The van der Waals surface area contributed by atoms with Gasteiger partial charge in [0.2, 0.25) is 0 Å². The molecule has 0 aliphatic carbocycles. The summed E-state index contributed by atoms with van der Waals surface area (Å²) in [5.74, 6) is -0.214. The molecule has 0 spiro atoms. The Kier molecular flexibility index (Phi) is 3.47. The van der Waals surface area contributed by atoms with Crippen LogP contribution in [0.1, 0.15) is 6.42 Å². The van der Waals surface area contributed by atoms with Crippen molar-refractivity contribution in [2.75, 3.05) is 6.61 Å². The summed E-state index contributed by atoms with van der Waals surface area (Å²) in [7, 11) is 0. The van der Waals surface area contributed by atoms with E-state index in [1.54, 1.807) is 35.1 Å². The Hall–Kier alpha value is -2.50. The van der Waals surface area contributed by atoms with Crippen LogP contribution in [0, 0.1) is 0 Å². The van der Waals surface area contributed by atoms with Gasteiger partial charge >= 0.3 is 5.97 Å². The summed E-state index contributed by atoms with van der Waals surface area (Å²) in [5, 5.41) is 21.7. The highest BCUT2D eigenvalue weighted by Gasteiger charge is 2.03. The standard InChI is InChI=1S/C12H12N2O4/c15-10-3-1-9(2-4-10)14-8-11(7-13-14)18-6-5-12(16)17/h1-4,7-8,15H,5-6H2,(H,16,17). The highest BCUT2D eigenvalue weighted by molar-refractivity contribution is 5.66. The second-order valence-corrected chi connectivity index (χ2v) is 3.63. The van der Waals surface area contributed by atoms with Gasteiger partial charge in [0.1, 0.15) is 5.75 Å². The lowest BCUT2D eigenvalue weighted by Crippen LogP contribution is -2.04. The van der Waals surface area contributed by atoms with Gasteiger partial charge in [-0.15, -0.1) is 0 Å². The summed E-state index contributed by atoms with van der Waals surface area (Å²) in [6, 6.07) is 6.54. The largest absolute Gasteiger partial charge is 0.508 e. The second kappa shape index (κ2) is 5.22. The van der Waals surface area contributed by atoms with Gasteiger partial charge in [-0.3, -0.25) is 4.79 Å². The minimum atomic E-state index is -0.902. The molecular weight excluding hydrogens is 236 g/mol. The molecule has 0 radical (unpaired) electrons. The average molecular weight is 248 g/mol. The number of phenolic OH excluding ortho intramolecular Hbond substituents is 1. The third-order valence-electron chi connectivity index (χ3n) is 2.26. The molecular formula is C12H12N2O4. The van der Waals surface area contributed by atoms with E-state index in [1.165, 1.54) is 6.20 Å². The van der Waals surface area contributed by atoms with E-state index in [0.717, 1.165) is 5.69 Å². The maximum absolute atomic E-state index is 10.3. The number of rotatable bonds is 5. The molecule has 0 fully saturated rings. The number of carbonyl (C=O) groups is 1. The average Bonchev–Trinajstić information content (AvgIpc) is 2.78. The van der Waals surface area contributed by atoms with Crippen LogP contribution in [0.2, 0.25) is 0 Å². The van der Waals surface area contributed by atoms with Crippen LogP contribution in [0.15, 0.2) is 36.7 Å². The number of benzene rings is 1. The van der Waals surface area contributed by atoms with Crippen LogP contribution < -0.4 is 4.74 Å². The summed E-state index contributed by atoms with van der Waals surface area (Å²) in [4.78, 5) is 10.3. The predicted octanol–water partition coefficient (Wildman–Crippen LogP) is 1.43. The molecule has 6 nitrogen and oxygen atoms in total. The second-order valence-electron chi connectivity index (χ2n) is 3.63. The van der Waals surface area contributed by atoms with Crippen LogP contribution in [0.25, 0.3) is 5.69 Å². The van der Waals surface area contributed by atoms with Crippen molar-refractivity contribution in [3.63, 3.8) is 0 Å². The fourth-order valence-electron chi connectivity index (χ4n) is 1.38. The lowest BCUT2D eigenvalue weighted by molar-refractivity contribution is -0.137. The Bertz CT molecular complexity index is 533. The van der Waals surface area contributed by atoms with Crippen molar-refractivity contribution >= 4 is 5.97 Å². The van der Waals surface area contributed by atoms with Gasteiger partial charge in [0.05, 0.1) is 31.1 Å². The first-order valence-electron chi connectivity index (χ1n) is 5.34. The van der Waals surface area contributed by atoms with E-state index >= 15 is 0 Å². The maximum Gasteiger partial charge on any atom is 0.306 e. The molecule has 94 valence electrons. The van der Waals surface area contributed by atoms with Crippen molar-refractivity contribution in [3.05, 3.63) is 36.7 Å². The van der Waals surface area contributed by atoms with Crippen LogP contribution >= 0.6 is 0 Å². The molecule has 0 saturated heterocycles. The smallest absolute Gasteiger partial charge is 0.306 e. The molecule has 0 aliphatic heterocycles. The molecule has 1 aromatic carbocycles. The number of ether oxygens (including phenoxy) is 1. The van der Waals surface area contributed by atoms with Gasteiger partial charge in [-0.1, -0.05) is 0 Å². The van der Waals surface area contributed by atoms with Gasteiger partial charge in [0.25, 0.3) is 0 Å². The van der Waals surface area contributed by atoms with Gasteiger partial charge in [0.15, 0.2) is 5.75 Å². The predicted molar refractivity (Wildman–Crippen MR) is 63.0 cm³/mol. The number of aromatic nitrogens is 2. The molecule has 0 saturated carbocycles. The van der Waals surface area contributed by atoms with Gasteiger partial charge in [-0.05, 0) is 24.3 Å². The summed E-state index contributed by atoms with van der Waals surface area (Å²) < 4.78 is 6.81. The molecule has 2 aromatic rings. The SMILES string of the molecule is O=C(O)CCOc1cnn(-c2ccc(O)cc2)c1. The Morgan fingerprint density at radius 3 is 2.72 bits per heavy atom. The lowest BCUT2D eigenvalue weighted by atomic mass is 10.3. The molecule has 0 aliphatic rings. The molecule has 0 amide bonds. The van der Waals surface area contributed by atoms with E-state index in [4.69, 9.17) is 14.9 Å². The zero-order chi connectivity index (χ0) is 13.0. The molecule has 1 heterocycles. The number of nitrogens with zero attached hydrogens (tertiary/aromatic N) is 2. The number of aromatic hydroxyl groups is 1. The molecule has 6 heteroatoms. The Morgan fingerprint density at radius 1 is 1.33 bits per heavy atom. The Labute approximate surface area is 103 Å². The van der Waals surface area contributed by atoms with E-state index in [1.807, 2.05) is 0 Å². The minimum absolute atomic E-state index is 0.0512. The molecule has 0 unspecified atom stereocenters. The number of hydrogen-bond donors (Lipinski definition) is 2. The fourth-order valence-corrected chi connectivity index (χ4v) is 1.38. The number of carboxylic acids is 1. The maximum atomic E-state index is 10.3. The van der Waals surface area contributed by atoms with E-state index in [-0.39, 0.29) is 18.8 Å².